The normalized spacial score (nSPS) is 18.1. The minimum atomic E-state index is -0.788. The molecular weight excluding hydrogens is 304 g/mol. The van der Waals surface area contributed by atoms with Crippen molar-refractivity contribution in [2.45, 2.75) is 51.7 Å². The van der Waals surface area contributed by atoms with Gasteiger partial charge < -0.3 is 9.64 Å². The van der Waals surface area contributed by atoms with Crippen molar-refractivity contribution in [1.82, 2.24) is 4.90 Å². The summed E-state index contributed by atoms with van der Waals surface area (Å²) in [6.07, 6.45) is 1.01. The van der Waals surface area contributed by atoms with E-state index in [1.165, 1.54) is 4.90 Å². The zero-order valence-electron chi connectivity index (χ0n) is 13.6. The number of hydrogen-bond donors (Lipinski definition) is 0. The second-order valence-electron chi connectivity index (χ2n) is 6.76. The molecule has 0 radical (unpaired) electrons. The molecule has 0 aliphatic carbocycles. The van der Waals surface area contributed by atoms with Gasteiger partial charge in [-0.1, -0.05) is 0 Å². The van der Waals surface area contributed by atoms with Crippen LogP contribution < -0.4 is 0 Å². The zero-order valence-corrected chi connectivity index (χ0v) is 13.6. The van der Waals surface area contributed by atoms with E-state index in [1.807, 2.05) is 0 Å². The van der Waals surface area contributed by atoms with E-state index in [2.05, 4.69) is 0 Å². The Balaban J connectivity index is 2.06. The molecule has 1 atom stereocenters. The van der Waals surface area contributed by atoms with Gasteiger partial charge in [0, 0.05) is 30.6 Å². The lowest BCUT2D eigenvalue weighted by Gasteiger charge is -2.28. The highest BCUT2D eigenvalue weighted by Gasteiger charge is 2.33. The van der Waals surface area contributed by atoms with E-state index in [0.29, 0.717) is 13.0 Å². The molecule has 1 heterocycles. The number of Topliss-reactive ketones (excluding diaryl/α,β-unsaturated/α-hetero) is 1. The molecule has 126 valence electrons. The predicted octanol–water partition coefficient (Wildman–Crippen LogP) is 3.94. The van der Waals surface area contributed by atoms with E-state index in [-0.39, 0.29) is 23.8 Å². The molecule has 1 aliphatic rings. The monoisotopic (exact) mass is 325 g/mol. The second-order valence-corrected chi connectivity index (χ2v) is 6.76. The van der Waals surface area contributed by atoms with Crippen LogP contribution in [-0.2, 0) is 4.74 Å². The Hall–Kier alpha value is -1.98. The average Bonchev–Trinajstić information content (AvgIpc) is 2.83. The topological polar surface area (TPSA) is 46.6 Å². The molecule has 0 saturated carbocycles. The molecule has 23 heavy (non-hydrogen) atoms. The van der Waals surface area contributed by atoms with Crippen LogP contribution in [0.3, 0.4) is 0 Å². The number of nitrogens with zero attached hydrogens (tertiary/aromatic N) is 1. The standard InChI is InChI=1S/C17H21F2NO3/c1-17(2,3)23-16(22)20-6-4-5-14(20)10-15(21)11-7-12(18)9-13(19)8-11/h7-9,14H,4-6,10H2,1-3H3. The number of ether oxygens (including phenoxy) is 1. The molecule has 1 aromatic carbocycles. The van der Waals surface area contributed by atoms with Crippen molar-refractivity contribution in [2.75, 3.05) is 6.54 Å². The smallest absolute Gasteiger partial charge is 0.410 e. The maximum atomic E-state index is 13.2. The number of likely N-dealkylation sites (tertiary alicyclic amines) is 1. The summed E-state index contributed by atoms with van der Waals surface area (Å²) in [7, 11) is 0. The van der Waals surface area contributed by atoms with Gasteiger partial charge in [-0.05, 0) is 45.7 Å². The summed E-state index contributed by atoms with van der Waals surface area (Å²) in [6, 6.07) is 2.44. The third kappa shape index (κ3) is 4.74. The van der Waals surface area contributed by atoms with Crippen molar-refractivity contribution in [3.63, 3.8) is 0 Å². The average molecular weight is 325 g/mol. The van der Waals surface area contributed by atoms with Crippen molar-refractivity contribution in [3.8, 4) is 0 Å². The largest absolute Gasteiger partial charge is 0.444 e. The molecule has 0 aromatic heterocycles. The van der Waals surface area contributed by atoms with Gasteiger partial charge in [0.25, 0.3) is 0 Å². The Morgan fingerprint density at radius 3 is 2.39 bits per heavy atom. The van der Waals surface area contributed by atoms with Crippen molar-refractivity contribution in [1.29, 1.82) is 0 Å². The molecule has 0 N–H and O–H groups in total. The van der Waals surface area contributed by atoms with E-state index < -0.39 is 23.3 Å². The highest BCUT2D eigenvalue weighted by molar-refractivity contribution is 5.96. The van der Waals surface area contributed by atoms with Crippen molar-refractivity contribution < 1.29 is 23.1 Å². The maximum Gasteiger partial charge on any atom is 0.410 e. The van der Waals surface area contributed by atoms with Crippen LogP contribution in [0.25, 0.3) is 0 Å². The predicted molar refractivity (Wildman–Crippen MR) is 81.3 cm³/mol. The molecule has 1 aliphatic heterocycles. The van der Waals surface area contributed by atoms with E-state index in [4.69, 9.17) is 4.74 Å². The first-order valence-corrected chi connectivity index (χ1v) is 7.64. The van der Waals surface area contributed by atoms with Crippen LogP contribution in [0.4, 0.5) is 13.6 Å². The first-order valence-electron chi connectivity index (χ1n) is 7.64. The van der Waals surface area contributed by atoms with Gasteiger partial charge in [-0.25, -0.2) is 13.6 Å². The Morgan fingerprint density at radius 1 is 1.22 bits per heavy atom. The van der Waals surface area contributed by atoms with Gasteiger partial charge in [-0.3, -0.25) is 4.79 Å². The van der Waals surface area contributed by atoms with Gasteiger partial charge in [0.1, 0.15) is 17.2 Å². The molecule has 1 aromatic rings. The summed E-state index contributed by atoms with van der Waals surface area (Å²) < 4.78 is 31.8. The van der Waals surface area contributed by atoms with Crippen LogP contribution in [0.15, 0.2) is 18.2 Å². The van der Waals surface area contributed by atoms with Crippen LogP contribution in [0.5, 0.6) is 0 Å². The maximum absolute atomic E-state index is 13.2. The van der Waals surface area contributed by atoms with E-state index in [1.54, 1.807) is 20.8 Å². The van der Waals surface area contributed by atoms with E-state index >= 15 is 0 Å². The van der Waals surface area contributed by atoms with E-state index in [0.717, 1.165) is 24.6 Å². The SMILES string of the molecule is CC(C)(C)OC(=O)N1CCCC1CC(=O)c1cc(F)cc(F)c1. The summed E-state index contributed by atoms with van der Waals surface area (Å²) >= 11 is 0. The van der Waals surface area contributed by atoms with Gasteiger partial charge in [0.2, 0.25) is 0 Å². The fraction of sp³-hybridized carbons (Fsp3) is 0.529. The third-order valence-corrected chi connectivity index (χ3v) is 3.61. The number of hydrogen-bond acceptors (Lipinski definition) is 3. The molecule has 0 spiro atoms. The number of amides is 1. The fourth-order valence-electron chi connectivity index (χ4n) is 2.66. The van der Waals surface area contributed by atoms with Crippen molar-refractivity contribution in [3.05, 3.63) is 35.4 Å². The number of carbonyl (C=O) groups excluding carboxylic acids is 2. The van der Waals surface area contributed by atoms with E-state index in [9.17, 15) is 18.4 Å². The highest BCUT2D eigenvalue weighted by atomic mass is 19.1. The molecular formula is C17H21F2NO3. The molecule has 6 heteroatoms. The Kier molecular flexibility index (Phi) is 5.02. The second kappa shape index (κ2) is 6.64. The molecule has 1 amide bonds. The number of benzene rings is 1. The van der Waals surface area contributed by atoms with Crippen LogP contribution in [-0.4, -0.2) is 35.0 Å². The Bertz CT molecular complexity index is 590. The lowest BCUT2D eigenvalue weighted by atomic mass is 10.0. The summed E-state index contributed by atoms with van der Waals surface area (Å²) in [4.78, 5) is 25.9. The van der Waals surface area contributed by atoms with Crippen molar-refractivity contribution >= 4 is 11.9 Å². The molecule has 1 fully saturated rings. The lowest BCUT2D eigenvalue weighted by Crippen LogP contribution is -2.40. The van der Waals surface area contributed by atoms with Gasteiger partial charge in [0.15, 0.2) is 5.78 Å². The quantitative estimate of drug-likeness (QED) is 0.791. The number of halogens is 2. The van der Waals surface area contributed by atoms with Crippen LogP contribution in [0.2, 0.25) is 0 Å². The third-order valence-electron chi connectivity index (χ3n) is 3.61. The van der Waals surface area contributed by atoms with Gasteiger partial charge in [-0.15, -0.1) is 0 Å². The van der Waals surface area contributed by atoms with Crippen LogP contribution in [0.1, 0.15) is 50.4 Å². The molecule has 0 bridgehead atoms. The number of rotatable bonds is 3. The molecule has 4 nitrogen and oxygen atoms in total. The minimum absolute atomic E-state index is 0.0152. The Labute approximate surface area is 134 Å². The summed E-state index contributed by atoms with van der Waals surface area (Å²) in [5.74, 6) is -1.96. The summed E-state index contributed by atoms with van der Waals surface area (Å²) in [5.41, 5.74) is -0.626. The number of ketones is 1. The van der Waals surface area contributed by atoms with Gasteiger partial charge in [0.05, 0.1) is 0 Å². The molecule has 2 rings (SSSR count). The number of carbonyl (C=O) groups is 2. The van der Waals surface area contributed by atoms with Gasteiger partial charge >= 0.3 is 6.09 Å². The molecule has 1 saturated heterocycles. The summed E-state index contributed by atoms with van der Waals surface area (Å²) in [5, 5.41) is 0. The van der Waals surface area contributed by atoms with Crippen LogP contribution >= 0.6 is 0 Å². The first kappa shape index (κ1) is 17.4. The van der Waals surface area contributed by atoms with Crippen molar-refractivity contribution in [2.24, 2.45) is 0 Å². The summed E-state index contributed by atoms with van der Waals surface area (Å²) in [6.45, 7) is 5.84. The fourth-order valence-corrected chi connectivity index (χ4v) is 2.66. The highest BCUT2D eigenvalue weighted by Crippen LogP contribution is 2.24. The van der Waals surface area contributed by atoms with Crippen LogP contribution in [0, 0.1) is 11.6 Å². The Morgan fingerprint density at radius 2 is 1.83 bits per heavy atom. The lowest BCUT2D eigenvalue weighted by molar-refractivity contribution is 0.0223. The minimum Gasteiger partial charge on any atom is -0.444 e. The first-order chi connectivity index (χ1) is 10.7. The van der Waals surface area contributed by atoms with Gasteiger partial charge in [-0.2, -0.15) is 0 Å². The molecule has 1 unspecified atom stereocenters. The zero-order chi connectivity index (χ0) is 17.2.